The van der Waals surface area contributed by atoms with E-state index in [0.29, 0.717) is 11.1 Å². The zero-order chi connectivity index (χ0) is 17.5. The van der Waals surface area contributed by atoms with Gasteiger partial charge in [-0.2, -0.15) is 4.31 Å². The molecule has 0 radical (unpaired) electrons. The van der Waals surface area contributed by atoms with Gasteiger partial charge in [0.15, 0.2) is 0 Å². The highest BCUT2D eigenvalue weighted by molar-refractivity contribution is 7.88. The Bertz CT molecular complexity index is 925. The number of benzene rings is 2. The van der Waals surface area contributed by atoms with Crippen LogP contribution in [0.3, 0.4) is 0 Å². The average molecular weight is 351 g/mol. The highest BCUT2D eigenvalue weighted by atomic mass is 32.2. The van der Waals surface area contributed by atoms with Gasteiger partial charge < -0.3 is 5.11 Å². The molecule has 1 atom stereocenters. The molecule has 24 heavy (non-hydrogen) atoms. The summed E-state index contributed by atoms with van der Waals surface area (Å²) in [7, 11) is -3.59. The van der Waals surface area contributed by atoms with Gasteiger partial charge in [0.2, 0.25) is 10.0 Å². The van der Waals surface area contributed by atoms with Gasteiger partial charge in [0.25, 0.3) is 0 Å². The molecule has 1 aliphatic heterocycles. The predicted molar refractivity (Wildman–Crippen MR) is 86.7 cm³/mol. The zero-order valence-corrected chi connectivity index (χ0v) is 13.6. The van der Waals surface area contributed by atoms with Crippen LogP contribution in [0.1, 0.15) is 17.2 Å². The van der Waals surface area contributed by atoms with Gasteiger partial charge in [0.1, 0.15) is 17.4 Å². The highest BCUT2D eigenvalue weighted by Crippen LogP contribution is 2.37. The van der Waals surface area contributed by atoms with Crippen molar-refractivity contribution in [3.63, 3.8) is 0 Å². The second-order valence-corrected chi connectivity index (χ2v) is 7.60. The van der Waals surface area contributed by atoms with Crippen LogP contribution in [0.25, 0.3) is 5.57 Å². The number of hydrogen-bond acceptors (Lipinski definition) is 3. The molecule has 0 aromatic heterocycles. The number of halogens is 2. The van der Waals surface area contributed by atoms with Gasteiger partial charge in [-0.05, 0) is 41.5 Å². The summed E-state index contributed by atoms with van der Waals surface area (Å²) in [6, 6.07) is 8.57. The van der Waals surface area contributed by atoms with Crippen molar-refractivity contribution < 1.29 is 22.3 Å². The lowest BCUT2D eigenvalue weighted by molar-refractivity contribution is 0.421. The van der Waals surface area contributed by atoms with Crippen LogP contribution >= 0.6 is 0 Å². The maximum Gasteiger partial charge on any atom is 0.212 e. The Balaban J connectivity index is 2.10. The summed E-state index contributed by atoms with van der Waals surface area (Å²) in [5.41, 5.74) is 0.962. The lowest BCUT2D eigenvalue weighted by Crippen LogP contribution is -2.30. The third-order valence-electron chi connectivity index (χ3n) is 3.91. The van der Waals surface area contributed by atoms with Crippen LogP contribution in [0.15, 0.2) is 48.5 Å². The van der Waals surface area contributed by atoms with Gasteiger partial charge in [0, 0.05) is 12.1 Å². The van der Waals surface area contributed by atoms with Gasteiger partial charge in [-0.1, -0.05) is 18.2 Å². The van der Waals surface area contributed by atoms with Crippen molar-refractivity contribution in [3.05, 3.63) is 71.3 Å². The number of hydrogen-bond donors (Lipinski definition) is 1. The van der Waals surface area contributed by atoms with Crippen LogP contribution in [0.4, 0.5) is 8.78 Å². The first-order valence-corrected chi connectivity index (χ1v) is 9.02. The average Bonchev–Trinajstić information content (AvgIpc) is 2.95. The Morgan fingerprint density at radius 3 is 2.58 bits per heavy atom. The summed E-state index contributed by atoms with van der Waals surface area (Å²) < 4.78 is 52.8. The fourth-order valence-corrected chi connectivity index (χ4v) is 3.77. The molecule has 1 N–H and O–H groups in total. The Morgan fingerprint density at radius 1 is 1.17 bits per heavy atom. The standard InChI is InChI=1S/C17H15F2NO3S/c1-24(22,23)20-10-12(15-9-13(18)5-6-16(15)19)8-17(20)11-3-2-4-14(21)7-11/h2-9,17,21H,10H2,1H3. The highest BCUT2D eigenvalue weighted by Gasteiger charge is 2.34. The first kappa shape index (κ1) is 16.6. The lowest BCUT2D eigenvalue weighted by Gasteiger charge is -2.22. The van der Waals surface area contributed by atoms with Gasteiger partial charge in [-0.3, -0.25) is 0 Å². The number of phenolic OH excluding ortho intramolecular Hbond substituents is 1. The van der Waals surface area contributed by atoms with E-state index in [1.807, 2.05) is 0 Å². The molecule has 0 spiro atoms. The van der Waals surface area contributed by atoms with E-state index in [-0.39, 0.29) is 17.9 Å². The molecule has 0 aliphatic carbocycles. The summed E-state index contributed by atoms with van der Waals surface area (Å²) in [6.07, 6.45) is 2.63. The van der Waals surface area contributed by atoms with Crippen molar-refractivity contribution in [1.29, 1.82) is 0 Å². The van der Waals surface area contributed by atoms with Gasteiger partial charge in [0.05, 0.1) is 12.3 Å². The Morgan fingerprint density at radius 2 is 1.92 bits per heavy atom. The van der Waals surface area contributed by atoms with Gasteiger partial charge in [-0.15, -0.1) is 0 Å². The largest absolute Gasteiger partial charge is 0.508 e. The van der Waals surface area contributed by atoms with Crippen molar-refractivity contribution in [2.24, 2.45) is 0 Å². The molecule has 1 unspecified atom stereocenters. The minimum Gasteiger partial charge on any atom is -0.508 e. The Labute approximate surface area is 138 Å². The first-order chi connectivity index (χ1) is 11.3. The van der Waals surface area contributed by atoms with Crippen LogP contribution in [0.5, 0.6) is 5.75 Å². The molecular weight excluding hydrogens is 336 g/mol. The topological polar surface area (TPSA) is 57.6 Å². The molecule has 126 valence electrons. The van der Waals surface area contributed by atoms with E-state index in [1.165, 1.54) is 16.4 Å². The van der Waals surface area contributed by atoms with E-state index < -0.39 is 27.7 Å². The fraction of sp³-hybridized carbons (Fsp3) is 0.176. The van der Waals surface area contributed by atoms with E-state index in [1.54, 1.807) is 18.2 Å². The van der Waals surface area contributed by atoms with Gasteiger partial charge >= 0.3 is 0 Å². The molecule has 0 bridgehead atoms. The summed E-state index contributed by atoms with van der Waals surface area (Å²) in [4.78, 5) is 0. The molecule has 0 amide bonds. The predicted octanol–water partition coefficient (Wildman–Crippen LogP) is 3.07. The zero-order valence-electron chi connectivity index (χ0n) is 12.8. The molecule has 1 aliphatic rings. The molecule has 4 nitrogen and oxygen atoms in total. The number of sulfonamides is 1. The molecular formula is C17H15F2NO3S. The van der Waals surface area contributed by atoms with Crippen LogP contribution in [0, 0.1) is 11.6 Å². The summed E-state index contributed by atoms with van der Waals surface area (Å²) in [6.45, 7) is -0.0699. The number of aromatic hydroxyl groups is 1. The molecule has 2 aromatic rings. The van der Waals surface area contributed by atoms with Crippen LogP contribution < -0.4 is 0 Å². The third-order valence-corrected chi connectivity index (χ3v) is 5.12. The Kier molecular flexibility index (Phi) is 4.15. The van der Waals surface area contributed by atoms with Crippen LogP contribution in [-0.2, 0) is 10.0 Å². The monoisotopic (exact) mass is 351 g/mol. The van der Waals surface area contributed by atoms with Crippen molar-refractivity contribution in [2.75, 3.05) is 12.8 Å². The minimum absolute atomic E-state index is 0.000243. The lowest BCUT2D eigenvalue weighted by atomic mass is 10.0. The summed E-state index contributed by atoms with van der Waals surface area (Å²) >= 11 is 0. The molecule has 7 heteroatoms. The van der Waals surface area contributed by atoms with Crippen molar-refractivity contribution in [3.8, 4) is 5.75 Å². The molecule has 2 aromatic carbocycles. The molecule has 0 saturated carbocycles. The van der Waals surface area contributed by atoms with Crippen LogP contribution in [0.2, 0.25) is 0 Å². The van der Waals surface area contributed by atoms with Crippen molar-refractivity contribution in [1.82, 2.24) is 4.31 Å². The quantitative estimate of drug-likeness (QED) is 0.925. The van der Waals surface area contributed by atoms with Crippen LogP contribution in [-0.4, -0.2) is 30.6 Å². The number of rotatable bonds is 3. The Hall–Kier alpha value is -2.25. The van der Waals surface area contributed by atoms with Crippen molar-refractivity contribution in [2.45, 2.75) is 6.04 Å². The third kappa shape index (κ3) is 3.18. The maximum absolute atomic E-state index is 14.0. The summed E-state index contributed by atoms with van der Waals surface area (Å²) in [5.74, 6) is -1.22. The number of nitrogens with zero attached hydrogens (tertiary/aromatic N) is 1. The SMILES string of the molecule is CS(=O)(=O)N1CC(c2cc(F)ccc2F)=CC1c1cccc(O)c1. The smallest absolute Gasteiger partial charge is 0.212 e. The fourth-order valence-electron chi connectivity index (χ4n) is 2.81. The normalized spacial score (nSPS) is 18.6. The van der Waals surface area contributed by atoms with E-state index in [0.717, 1.165) is 24.5 Å². The second kappa shape index (κ2) is 5.99. The minimum atomic E-state index is -3.59. The van der Waals surface area contributed by atoms with E-state index in [4.69, 9.17) is 0 Å². The van der Waals surface area contributed by atoms with Gasteiger partial charge in [-0.25, -0.2) is 17.2 Å². The summed E-state index contributed by atoms with van der Waals surface area (Å²) in [5, 5.41) is 9.63. The number of phenols is 1. The maximum atomic E-state index is 14.0. The van der Waals surface area contributed by atoms with Crippen molar-refractivity contribution >= 4 is 15.6 Å². The molecule has 1 heterocycles. The molecule has 0 saturated heterocycles. The van der Waals surface area contributed by atoms with E-state index >= 15 is 0 Å². The van der Waals surface area contributed by atoms with E-state index in [9.17, 15) is 22.3 Å². The molecule has 0 fully saturated rings. The first-order valence-electron chi connectivity index (χ1n) is 7.17. The second-order valence-electron chi connectivity index (χ2n) is 5.66. The van der Waals surface area contributed by atoms with E-state index in [2.05, 4.69) is 0 Å². The molecule has 3 rings (SSSR count).